The summed E-state index contributed by atoms with van der Waals surface area (Å²) in [5.74, 6) is 0.731. The Balaban J connectivity index is 2.54. The lowest BCUT2D eigenvalue weighted by atomic mass is 10.2. The van der Waals surface area contributed by atoms with Gasteiger partial charge in [0.05, 0.1) is 0 Å². The molecule has 0 unspecified atom stereocenters. The van der Waals surface area contributed by atoms with E-state index < -0.39 is 0 Å². The van der Waals surface area contributed by atoms with Crippen LogP contribution in [0.15, 0.2) is 12.3 Å². The first-order valence-corrected chi connectivity index (χ1v) is 4.48. The Hall–Kier alpha value is -0.500. The van der Waals surface area contributed by atoms with E-state index in [9.17, 15) is 0 Å². The molecule has 1 heterocycles. The molecule has 11 heavy (non-hydrogen) atoms. The number of alkyl halides is 1. The van der Waals surface area contributed by atoms with Crippen molar-refractivity contribution in [3.8, 4) is 0 Å². The van der Waals surface area contributed by atoms with Gasteiger partial charge in [0.1, 0.15) is 0 Å². The molecule has 0 N–H and O–H groups in total. The Kier molecular flexibility index (Phi) is 3.43. The molecule has 0 aliphatic carbocycles. The first kappa shape index (κ1) is 8.60. The summed E-state index contributed by atoms with van der Waals surface area (Å²) in [7, 11) is 0. The van der Waals surface area contributed by atoms with Crippen molar-refractivity contribution in [2.24, 2.45) is 0 Å². The molecular formula is C8H13ClN2. The second-order valence-corrected chi connectivity index (χ2v) is 2.81. The summed E-state index contributed by atoms with van der Waals surface area (Å²) in [6.07, 6.45) is 3.91. The lowest BCUT2D eigenvalue weighted by molar-refractivity contribution is 0.616. The van der Waals surface area contributed by atoms with Crippen LogP contribution < -0.4 is 0 Å². The smallest absolute Gasteiger partial charge is 0.0492 e. The number of aromatic nitrogens is 2. The lowest BCUT2D eigenvalue weighted by Crippen LogP contribution is -2.02. The number of hydrogen-bond donors (Lipinski definition) is 0. The molecular weight excluding hydrogens is 160 g/mol. The van der Waals surface area contributed by atoms with Crippen LogP contribution in [0, 0.1) is 0 Å². The molecule has 0 radical (unpaired) electrons. The van der Waals surface area contributed by atoms with Crippen LogP contribution >= 0.6 is 11.6 Å². The van der Waals surface area contributed by atoms with Crippen LogP contribution in [0.25, 0.3) is 0 Å². The minimum absolute atomic E-state index is 0.731. The molecule has 0 saturated carbocycles. The van der Waals surface area contributed by atoms with Gasteiger partial charge >= 0.3 is 0 Å². The van der Waals surface area contributed by atoms with Crippen molar-refractivity contribution in [3.05, 3.63) is 18.0 Å². The number of aryl methyl sites for hydroxylation is 2. The summed E-state index contributed by atoms with van der Waals surface area (Å²) in [5, 5.41) is 4.16. The van der Waals surface area contributed by atoms with E-state index in [4.69, 9.17) is 11.6 Å². The van der Waals surface area contributed by atoms with E-state index in [1.165, 1.54) is 5.69 Å². The monoisotopic (exact) mass is 172 g/mol. The van der Waals surface area contributed by atoms with Crippen molar-refractivity contribution in [2.45, 2.75) is 26.3 Å². The zero-order valence-electron chi connectivity index (χ0n) is 6.76. The fraction of sp³-hybridized carbons (Fsp3) is 0.625. The van der Waals surface area contributed by atoms with Crippen LogP contribution in [0.3, 0.4) is 0 Å². The predicted octanol–water partition coefficient (Wildman–Crippen LogP) is 2.07. The molecule has 3 heteroatoms. The predicted molar refractivity (Wildman–Crippen MR) is 46.9 cm³/mol. The van der Waals surface area contributed by atoms with E-state index in [2.05, 4.69) is 18.1 Å². The minimum atomic E-state index is 0.731. The Bertz CT molecular complexity index is 208. The van der Waals surface area contributed by atoms with Crippen molar-refractivity contribution in [1.29, 1.82) is 0 Å². The number of halogens is 1. The molecule has 1 rings (SSSR count). The quantitative estimate of drug-likeness (QED) is 0.636. The van der Waals surface area contributed by atoms with Crippen molar-refractivity contribution < 1.29 is 0 Å². The van der Waals surface area contributed by atoms with E-state index in [1.807, 2.05) is 10.9 Å². The van der Waals surface area contributed by atoms with Crippen LogP contribution in [0.1, 0.15) is 19.0 Å². The Labute approximate surface area is 72.2 Å². The van der Waals surface area contributed by atoms with Gasteiger partial charge in [-0.3, -0.25) is 4.68 Å². The normalized spacial score (nSPS) is 10.4. The van der Waals surface area contributed by atoms with E-state index in [0.29, 0.717) is 0 Å². The molecule has 0 saturated heterocycles. The number of rotatable bonds is 4. The fourth-order valence-corrected chi connectivity index (χ4v) is 1.24. The Morgan fingerprint density at radius 2 is 2.45 bits per heavy atom. The maximum absolute atomic E-state index is 5.58. The highest BCUT2D eigenvalue weighted by atomic mass is 35.5. The molecule has 62 valence electrons. The lowest BCUT2D eigenvalue weighted by Gasteiger charge is -2.01. The molecule has 1 aromatic rings. The van der Waals surface area contributed by atoms with Crippen molar-refractivity contribution in [2.75, 3.05) is 5.88 Å². The summed E-state index contributed by atoms with van der Waals surface area (Å²) in [6.45, 7) is 3.04. The second-order valence-electron chi connectivity index (χ2n) is 2.43. The van der Waals surface area contributed by atoms with Gasteiger partial charge in [-0.25, -0.2) is 0 Å². The Morgan fingerprint density at radius 1 is 1.64 bits per heavy atom. The van der Waals surface area contributed by atoms with Gasteiger partial charge in [0.25, 0.3) is 0 Å². The van der Waals surface area contributed by atoms with E-state index in [0.717, 1.165) is 25.3 Å². The van der Waals surface area contributed by atoms with Gasteiger partial charge in [0.15, 0.2) is 0 Å². The fourth-order valence-electron chi connectivity index (χ4n) is 1.11. The van der Waals surface area contributed by atoms with Gasteiger partial charge in [-0.2, -0.15) is 5.10 Å². The third kappa shape index (κ3) is 2.22. The van der Waals surface area contributed by atoms with Gasteiger partial charge in [0, 0.05) is 24.3 Å². The highest BCUT2D eigenvalue weighted by Gasteiger charge is 1.98. The zero-order valence-corrected chi connectivity index (χ0v) is 7.51. The molecule has 0 spiro atoms. The van der Waals surface area contributed by atoms with Gasteiger partial charge < -0.3 is 0 Å². The van der Waals surface area contributed by atoms with Gasteiger partial charge in [-0.1, -0.05) is 0 Å². The largest absolute Gasteiger partial charge is 0.270 e. The van der Waals surface area contributed by atoms with Crippen molar-refractivity contribution in [1.82, 2.24) is 9.78 Å². The average Bonchev–Trinajstić information content (AvgIpc) is 2.47. The zero-order chi connectivity index (χ0) is 8.10. The van der Waals surface area contributed by atoms with E-state index in [-0.39, 0.29) is 0 Å². The topological polar surface area (TPSA) is 17.8 Å². The summed E-state index contributed by atoms with van der Waals surface area (Å²) in [5.41, 5.74) is 1.29. The molecule has 0 aromatic carbocycles. The van der Waals surface area contributed by atoms with Crippen molar-refractivity contribution in [3.63, 3.8) is 0 Å². The maximum atomic E-state index is 5.58. The third-order valence-corrected chi connectivity index (χ3v) is 1.94. The molecule has 0 aliphatic heterocycles. The van der Waals surface area contributed by atoms with Crippen LogP contribution in [0.4, 0.5) is 0 Å². The molecule has 2 nitrogen and oxygen atoms in total. The van der Waals surface area contributed by atoms with Crippen molar-refractivity contribution >= 4 is 11.6 Å². The highest BCUT2D eigenvalue weighted by molar-refractivity contribution is 6.17. The van der Waals surface area contributed by atoms with Crippen LogP contribution in [0.2, 0.25) is 0 Å². The van der Waals surface area contributed by atoms with Crippen LogP contribution in [-0.4, -0.2) is 15.7 Å². The molecule has 0 fully saturated rings. The van der Waals surface area contributed by atoms with E-state index in [1.54, 1.807) is 0 Å². The molecule has 0 amide bonds. The first-order chi connectivity index (χ1) is 5.38. The average molecular weight is 173 g/mol. The van der Waals surface area contributed by atoms with E-state index >= 15 is 0 Å². The summed E-state index contributed by atoms with van der Waals surface area (Å²) < 4.78 is 2.01. The van der Waals surface area contributed by atoms with Crippen LogP contribution in [-0.2, 0) is 13.0 Å². The summed E-state index contributed by atoms with van der Waals surface area (Å²) in [6, 6.07) is 2.05. The third-order valence-electron chi connectivity index (χ3n) is 1.67. The summed E-state index contributed by atoms with van der Waals surface area (Å²) in [4.78, 5) is 0. The summed E-state index contributed by atoms with van der Waals surface area (Å²) >= 11 is 5.58. The van der Waals surface area contributed by atoms with Crippen LogP contribution in [0.5, 0.6) is 0 Å². The SMILES string of the molecule is CCn1nccc1CCCCl. The second kappa shape index (κ2) is 4.39. The Morgan fingerprint density at radius 3 is 3.09 bits per heavy atom. The maximum Gasteiger partial charge on any atom is 0.0492 e. The van der Waals surface area contributed by atoms with Gasteiger partial charge in [-0.05, 0) is 25.8 Å². The highest BCUT2D eigenvalue weighted by Crippen LogP contribution is 2.02. The van der Waals surface area contributed by atoms with Gasteiger partial charge in [0.2, 0.25) is 0 Å². The number of nitrogens with zero attached hydrogens (tertiary/aromatic N) is 2. The molecule has 0 aliphatic rings. The van der Waals surface area contributed by atoms with Gasteiger partial charge in [-0.15, -0.1) is 11.6 Å². The molecule has 0 atom stereocenters. The first-order valence-electron chi connectivity index (χ1n) is 3.95. The molecule has 0 bridgehead atoms. The standard InChI is InChI=1S/C8H13ClN2/c1-2-11-8(4-3-6-9)5-7-10-11/h5,7H,2-4,6H2,1H3. The molecule has 1 aromatic heterocycles. The number of hydrogen-bond acceptors (Lipinski definition) is 1. The minimum Gasteiger partial charge on any atom is -0.270 e.